The third-order valence-corrected chi connectivity index (χ3v) is 2.79. The van der Waals surface area contributed by atoms with Gasteiger partial charge in [-0.25, -0.2) is 0 Å². The van der Waals surface area contributed by atoms with Gasteiger partial charge in [0.1, 0.15) is 0 Å². The number of hydrogen-bond donors (Lipinski definition) is 2. The van der Waals surface area contributed by atoms with E-state index in [1.54, 1.807) is 0 Å². The minimum atomic E-state index is 0.0731. The van der Waals surface area contributed by atoms with E-state index in [9.17, 15) is 0 Å². The number of ether oxygens (including phenoxy) is 1. The molecule has 0 amide bonds. The second-order valence-corrected chi connectivity index (χ2v) is 3.96. The summed E-state index contributed by atoms with van der Waals surface area (Å²) in [4.78, 5) is 2.03. The molecule has 7 heteroatoms. The summed E-state index contributed by atoms with van der Waals surface area (Å²) in [6, 6.07) is 0.533. The average molecular weight is 242 g/mol. The van der Waals surface area contributed by atoms with Crippen molar-refractivity contribution in [2.75, 3.05) is 31.2 Å². The molecule has 3 N–H and O–H groups in total. The number of aromatic nitrogens is 2. The van der Waals surface area contributed by atoms with Crippen molar-refractivity contribution in [1.82, 2.24) is 10.2 Å². The van der Waals surface area contributed by atoms with E-state index in [0.29, 0.717) is 18.5 Å². The van der Waals surface area contributed by atoms with Crippen molar-refractivity contribution in [2.24, 2.45) is 5.73 Å². The summed E-state index contributed by atoms with van der Waals surface area (Å²) in [6.45, 7) is 2.39. The lowest BCUT2D eigenvalue weighted by Gasteiger charge is -2.30. The predicted octanol–water partition coefficient (Wildman–Crippen LogP) is -0.494. The highest BCUT2D eigenvalue weighted by molar-refractivity contribution is 5.24. The monoisotopic (exact) mass is 242 g/mol. The standard InChI is InChI=1S/C10H18N4O3/c11-7-9-12-13-10(17-9)14-3-1-8(2-4-14)16-6-5-15/h8,15H,1-7,11H2. The molecule has 1 aliphatic rings. The largest absolute Gasteiger partial charge is 0.407 e. The smallest absolute Gasteiger partial charge is 0.318 e. The maximum Gasteiger partial charge on any atom is 0.318 e. The van der Waals surface area contributed by atoms with Crippen molar-refractivity contribution in [3.63, 3.8) is 0 Å². The molecule has 2 heterocycles. The first-order valence-corrected chi connectivity index (χ1v) is 5.83. The SMILES string of the molecule is NCc1nnc(N2CCC(OCCO)CC2)o1. The van der Waals surface area contributed by atoms with Crippen molar-refractivity contribution in [3.8, 4) is 0 Å². The number of aliphatic hydroxyl groups excluding tert-OH is 1. The Hall–Kier alpha value is -1.18. The Balaban J connectivity index is 1.82. The van der Waals surface area contributed by atoms with Gasteiger partial charge in [-0.2, -0.15) is 0 Å². The van der Waals surface area contributed by atoms with Crippen molar-refractivity contribution in [3.05, 3.63) is 5.89 Å². The molecule has 1 saturated heterocycles. The van der Waals surface area contributed by atoms with E-state index in [1.165, 1.54) is 0 Å². The summed E-state index contributed by atoms with van der Waals surface area (Å²) in [7, 11) is 0. The molecule has 0 radical (unpaired) electrons. The van der Waals surface area contributed by atoms with Crippen LogP contribution >= 0.6 is 0 Å². The van der Waals surface area contributed by atoms with E-state index in [0.717, 1.165) is 25.9 Å². The van der Waals surface area contributed by atoms with Gasteiger partial charge in [-0.15, -0.1) is 5.10 Å². The minimum absolute atomic E-state index is 0.0731. The zero-order chi connectivity index (χ0) is 12.1. The first-order valence-electron chi connectivity index (χ1n) is 5.83. The number of nitrogens with zero attached hydrogens (tertiary/aromatic N) is 3. The van der Waals surface area contributed by atoms with E-state index in [-0.39, 0.29) is 19.3 Å². The lowest BCUT2D eigenvalue weighted by Crippen LogP contribution is -2.37. The van der Waals surface area contributed by atoms with Gasteiger partial charge < -0.3 is 24.9 Å². The molecule has 7 nitrogen and oxygen atoms in total. The van der Waals surface area contributed by atoms with Gasteiger partial charge in [0.05, 0.1) is 25.9 Å². The number of rotatable bonds is 5. The van der Waals surface area contributed by atoms with Crippen molar-refractivity contribution >= 4 is 6.01 Å². The van der Waals surface area contributed by atoms with Crippen molar-refractivity contribution in [1.29, 1.82) is 0 Å². The highest BCUT2D eigenvalue weighted by Crippen LogP contribution is 2.19. The van der Waals surface area contributed by atoms with Crippen LogP contribution < -0.4 is 10.6 Å². The van der Waals surface area contributed by atoms with Gasteiger partial charge in [0.15, 0.2) is 0 Å². The highest BCUT2D eigenvalue weighted by atomic mass is 16.5. The molecule has 0 saturated carbocycles. The zero-order valence-corrected chi connectivity index (χ0v) is 9.71. The number of aliphatic hydroxyl groups is 1. The number of piperidine rings is 1. The molecule has 2 rings (SSSR count). The number of nitrogens with two attached hydrogens (primary N) is 1. The Morgan fingerprint density at radius 3 is 2.76 bits per heavy atom. The normalized spacial score (nSPS) is 17.6. The van der Waals surface area contributed by atoms with Gasteiger partial charge in [0.25, 0.3) is 0 Å². The Labute approximate surface area is 99.6 Å². The van der Waals surface area contributed by atoms with Crippen LogP contribution in [0, 0.1) is 0 Å². The van der Waals surface area contributed by atoms with Crippen LogP contribution in [0.15, 0.2) is 4.42 Å². The molecule has 96 valence electrons. The quantitative estimate of drug-likeness (QED) is 0.718. The molecule has 1 aromatic rings. The van der Waals surface area contributed by atoms with Crippen molar-refractivity contribution in [2.45, 2.75) is 25.5 Å². The third-order valence-electron chi connectivity index (χ3n) is 2.79. The Bertz CT molecular complexity index is 336. The van der Waals surface area contributed by atoms with E-state index in [4.69, 9.17) is 20.0 Å². The zero-order valence-electron chi connectivity index (χ0n) is 9.71. The maximum absolute atomic E-state index is 8.68. The van der Waals surface area contributed by atoms with Crippen molar-refractivity contribution < 1.29 is 14.3 Å². The van der Waals surface area contributed by atoms with Crippen LogP contribution in [0.25, 0.3) is 0 Å². The average Bonchev–Trinajstić information content (AvgIpc) is 2.86. The van der Waals surface area contributed by atoms with E-state index in [1.807, 2.05) is 4.90 Å². The molecule has 1 aromatic heterocycles. The molecule has 17 heavy (non-hydrogen) atoms. The second kappa shape index (κ2) is 5.95. The Morgan fingerprint density at radius 2 is 2.18 bits per heavy atom. The predicted molar refractivity (Wildman–Crippen MR) is 60.5 cm³/mol. The summed E-state index contributed by atoms with van der Waals surface area (Å²) in [5.41, 5.74) is 5.41. The molecule has 0 aromatic carbocycles. The van der Waals surface area contributed by atoms with Gasteiger partial charge in [0, 0.05) is 13.1 Å². The van der Waals surface area contributed by atoms with E-state index >= 15 is 0 Å². The first-order chi connectivity index (χ1) is 8.33. The summed E-state index contributed by atoms with van der Waals surface area (Å²) in [5, 5.41) is 16.5. The van der Waals surface area contributed by atoms with Gasteiger partial charge in [0.2, 0.25) is 5.89 Å². The van der Waals surface area contributed by atoms with Crippen LogP contribution in [0.1, 0.15) is 18.7 Å². The van der Waals surface area contributed by atoms with Crippen LogP contribution in [0.2, 0.25) is 0 Å². The summed E-state index contributed by atoms with van der Waals surface area (Å²) < 4.78 is 10.9. The van der Waals surface area contributed by atoms with E-state index < -0.39 is 0 Å². The van der Waals surface area contributed by atoms with E-state index in [2.05, 4.69) is 10.2 Å². The first kappa shape index (κ1) is 12.3. The lowest BCUT2D eigenvalue weighted by atomic mass is 10.1. The topological polar surface area (TPSA) is 97.6 Å². The minimum Gasteiger partial charge on any atom is -0.407 e. The van der Waals surface area contributed by atoms with Crippen LogP contribution in [0.3, 0.4) is 0 Å². The van der Waals surface area contributed by atoms with Gasteiger partial charge in [-0.1, -0.05) is 5.10 Å². The van der Waals surface area contributed by atoms with Gasteiger partial charge >= 0.3 is 6.01 Å². The number of hydrogen-bond acceptors (Lipinski definition) is 7. The maximum atomic E-state index is 8.68. The molecular formula is C10H18N4O3. The third kappa shape index (κ3) is 3.15. The van der Waals surface area contributed by atoms with Crippen LogP contribution in [0.4, 0.5) is 6.01 Å². The molecular weight excluding hydrogens is 224 g/mol. The fraction of sp³-hybridized carbons (Fsp3) is 0.800. The number of anilines is 1. The highest BCUT2D eigenvalue weighted by Gasteiger charge is 2.22. The molecule has 1 aliphatic heterocycles. The fourth-order valence-electron chi connectivity index (χ4n) is 1.89. The Kier molecular flexibility index (Phi) is 4.29. The lowest BCUT2D eigenvalue weighted by molar-refractivity contribution is 0.0154. The second-order valence-electron chi connectivity index (χ2n) is 3.96. The van der Waals surface area contributed by atoms with Crippen LogP contribution in [-0.2, 0) is 11.3 Å². The summed E-state index contributed by atoms with van der Waals surface area (Å²) in [5.74, 6) is 0.457. The molecule has 0 aliphatic carbocycles. The van der Waals surface area contributed by atoms with Crippen LogP contribution in [0.5, 0.6) is 0 Å². The van der Waals surface area contributed by atoms with Gasteiger partial charge in [-0.05, 0) is 12.8 Å². The molecule has 0 atom stereocenters. The van der Waals surface area contributed by atoms with Crippen LogP contribution in [-0.4, -0.2) is 47.7 Å². The molecule has 0 unspecified atom stereocenters. The molecule has 0 bridgehead atoms. The molecule has 0 spiro atoms. The fourth-order valence-corrected chi connectivity index (χ4v) is 1.89. The Morgan fingerprint density at radius 1 is 1.41 bits per heavy atom. The molecule has 1 fully saturated rings. The summed E-state index contributed by atoms with van der Waals surface area (Å²) in [6.07, 6.45) is 2.02. The van der Waals surface area contributed by atoms with Gasteiger partial charge in [-0.3, -0.25) is 0 Å². The summed E-state index contributed by atoms with van der Waals surface area (Å²) >= 11 is 0.